The number of rotatable bonds is 18. The van der Waals surface area contributed by atoms with Crippen molar-refractivity contribution in [3.05, 3.63) is 44.6 Å². The SMILES string of the molecule is CCCCCN(CCN1CCc2c(cc(O)c(O)c2Cl)C1=O)CC1=C(C(=O)O)N2C(=O)[C@@H](NC(=O)/C(=N\O[C@@H](CC(=O)O)C(=O)O)c3csc(N)n3)[C@H]2SC1. The van der Waals surface area contributed by atoms with E-state index in [4.69, 9.17) is 27.3 Å². The molecule has 0 saturated carbocycles. The number of oxime groups is 1. The number of thioether (sulfide) groups is 1. The number of aromatic nitrogens is 1. The third-order valence-corrected chi connectivity index (χ3v) is 11.5. The molecule has 8 N–H and O–H groups in total. The fourth-order valence-electron chi connectivity index (χ4n) is 6.28. The lowest BCUT2D eigenvalue weighted by molar-refractivity contribution is -0.156. The lowest BCUT2D eigenvalue weighted by atomic mass is 9.98. The van der Waals surface area contributed by atoms with Crippen molar-refractivity contribution < 1.29 is 59.1 Å². The first kappa shape index (κ1) is 41.1. The number of phenolic OH excluding ortho intramolecular Hbond substituents is 2. The Hall–Kier alpha value is -5.12. The molecule has 296 valence electrons. The highest BCUT2D eigenvalue weighted by Crippen LogP contribution is 2.41. The van der Waals surface area contributed by atoms with Gasteiger partial charge in [0.05, 0.1) is 11.4 Å². The van der Waals surface area contributed by atoms with E-state index in [9.17, 15) is 49.2 Å². The number of carboxylic acid groups (broad SMARTS) is 3. The minimum Gasteiger partial charge on any atom is -0.504 e. The number of hydrogen-bond acceptors (Lipinski definition) is 15. The summed E-state index contributed by atoms with van der Waals surface area (Å²) >= 11 is 8.34. The number of nitrogens with two attached hydrogens (primary N) is 1. The van der Waals surface area contributed by atoms with E-state index in [2.05, 4.69) is 15.5 Å². The number of carbonyl (C=O) groups is 6. The minimum atomic E-state index is -1.95. The smallest absolute Gasteiger partial charge is 0.352 e. The molecule has 1 saturated heterocycles. The Morgan fingerprint density at radius 3 is 2.56 bits per heavy atom. The van der Waals surface area contributed by atoms with Crippen molar-refractivity contribution in [2.24, 2.45) is 5.16 Å². The number of amides is 3. The summed E-state index contributed by atoms with van der Waals surface area (Å²) in [6, 6.07) is -0.0240. The Bertz CT molecular complexity index is 1960. The summed E-state index contributed by atoms with van der Waals surface area (Å²) in [6.45, 7) is 3.73. The van der Waals surface area contributed by atoms with Crippen molar-refractivity contribution in [2.75, 3.05) is 44.2 Å². The molecule has 3 aliphatic heterocycles. The molecule has 22 heteroatoms. The predicted octanol–water partition coefficient (Wildman–Crippen LogP) is 1.37. The standard InChI is InChI=1S/C33H38ClN7O12S2/c1-2-3-4-6-39(8-9-40-7-5-16-17(28(40)47)10-19(42)26(45)22(16)34)12-15-13-54-30-24(29(48)41(30)25(15)32(51)52)37-27(46)23(18-14-55-33(35)36-18)38-53-20(31(49)50)11-21(43)44/h10,14,20,24,30,42,45H,2-9,11-13H2,1H3,(H2,35,36)(H,37,46)(H,43,44)(H,49,50)(H,51,52)/b38-23-/t20-,24+,30+/m0/s1. The van der Waals surface area contributed by atoms with Crippen molar-refractivity contribution in [3.8, 4) is 11.5 Å². The van der Waals surface area contributed by atoms with Gasteiger partial charge >= 0.3 is 17.9 Å². The van der Waals surface area contributed by atoms with Crippen LogP contribution in [0.5, 0.6) is 11.5 Å². The number of aliphatic carboxylic acids is 3. The fraction of sp³-hybridized carbons (Fsp3) is 0.455. The summed E-state index contributed by atoms with van der Waals surface area (Å²) < 4.78 is 0. The first-order valence-electron chi connectivity index (χ1n) is 17.0. The molecular formula is C33H38ClN7O12S2. The number of unbranched alkanes of at least 4 members (excludes halogenated alkanes) is 2. The van der Waals surface area contributed by atoms with Gasteiger partial charge in [0, 0.05) is 42.9 Å². The summed E-state index contributed by atoms with van der Waals surface area (Å²) in [4.78, 5) is 89.1. The van der Waals surface area contributed by atoms with Crippen molar-refractivity contribution in [3.63, 3.8) is 0 Å². The normalized spacial score (nSPS) is 18.8. The van der Waals surface area contributed by atoms with Gasteiger partial charge in [0.1, 0.15) is 22.8 Å². The maximum Gasteiger partial charge on any atom is 0.352 e. The highest BCUT2D eigenvalue weighted by atomic mass is 35.5. The molecular weight excluding hydrogens is 786 g/mol. The molecule has 3 amide bonds. The van der Waals surface area contributed by atoms with E-state index in [-0.39, 0.29) is 51.9 Å². The van der Waals surface area contributed by atoms with Crippen LogP contribution in [-0.2, 0) is 35.2 Å². The van der Waals surface area contributed by atoms with Gasteiger partial charge in [0.25, 0.3) is 17.7 Å². The number of aromatic hydroxyl groups is 2. The molecule has 19 nitrogen and oxygen atoms in total. The van der Waals surface area contributed by atoms with E-state index < -0.39 is 70.9 Å². The quantitative estimate of drug-likeness (QED) is 0.0367. The summed E-state index contributed by atoms with van der Waals surface area (Å²) in [7, 11) is 0. The third kappa shape index (κ3) is 9.06. The number of halogens is 1. The molecule has 0 aliphatic carbocycles. The largest absolute Gasteiger partial charge is 0.504 e. The molecule has 4 heterocycles. The topological polar surface area (TPSA) is 286 Å². The molecule has 55 heavy (non-hydrogen) atoms. The van der Waals surface area contributed by atoms with Gasteiger partial charge in [-0.15, -0.1) is 23.1 Å². The van der Waals surface area contributed by atoms with Gasteiger partial charge in [0.15, 0.2) is 22.3 Å². The Balaban J connectivity index is 1.31. The molecule has 0 unspecified atom stereocenters. The number of phenols is 2. The van der Waals surface area contributed by atoms with Gasteiger partial charge in [-0.2, -0.15) is 0 Å². The number of nitrogen functional groups attached to an aromatic ring is 1. The molecule has 5 rings (SSSR count). The van der Waals surface area contributed by atoms with Crippen LogP contribution < -0.4 is 11.1 Å². The van der Waals surface area contributed by atoms with Crippen molar-refractivity contribution in [1.82, 2.24) is 25.0 Å². The first-order valence-corrected chi connectivity index (χ1v) is 19.3. The maximum absolute atomic E-state index is 13.5. The van der Waals surface area contributed by atoms with E-state index in [1.165, 1.54) is 23.2 Å². The highest BCUT2D eigenvalue weighted by molar-refractivity contribution is 8.00. The average molecular weight is 824 g/mol. The number of anilines is 1. The van der Waals surface area contributed by atoms with Crippen LogP contribution in [-0.4, -0.2) is 143 Å². The lowest BCUT2D eigenvalue weighted by Crippen LogP contribution is -2.71. The molecule has 1 aromatic carbocycles. The number of β-lactam (4-membered cyclic amide) rings is 1. The number of fused-ring (bicyclic) bond motifs is 2. The van der Waals surface area contributed by atoms with Crippen LogP contribution in [0.1, 0.15) is 54.2 Å². The molecule has 1 fully saturated rings. The zero-order chi connectivity index (χ0) is 40.1. The lowest BCUT2D eigenvalue weighted by Gasteiger charge is -2.49. The van der Waals surface area contributed by atoms with Crippen molar-refractivity contribution in [1.29, 1.82) is 0 Å². The minimum absolute atomic E-state index is 0.0243. The monoisotopic (exact) mass is 823 g/mol. The number of nitrogens with one attached hydrogen (secondary N) is 1. The summed E-state index contributed by atoms with van der Waals surface area (Å²) in [5, 5.41) is 55.3. The zero-order valence-corrected chi connectivity index (χ0v) is 31.7. The summed E-state index contributed by atoms with van der Waals surface area (Å²) in [5.41, 5.74) is 5.85. The van der Waals surface area contributed by atoms with E-state index >= 15 is 0 Å². The number of nitrogens with zero attached hydrogens (tertiary/aromatic N) is 5. The summed E-state index contributed by atoms with van der Waals surface area (Å²) in [6.07, 6.45) is 0.0647. The Morgan fingerprint density at radius 1 is 1.18 bits per heavy atom. The van der Waals surface area contributed by atoms with Crippen LogP contribution in [0.4, 0.5) is 5.13 Å². The zero-order valence-electron chi connectivity index (χ0n) is 29.3. The number of carbonyl (C=O) groups excluding carboxylic acids is 3. The molecule has 2 aromatic rings. The van der Waals surface area contributed by atoms with Gasteiger partial charge in [-0.05, 0) is 36.6 Å². The van der Waals surface area contributed by atoms with Gasteiger partial charge < -0.3 is 46.3 Å². The third-order valence-electron chi connectivity index (χ3n) is 9.07. The number of thiazole rings is 1. The van der Waals surface area contributed by atoms with Crippen LogP contribution in [0.2, 0.25) is 5.02 Å². The summed E-state index contributed by atoms with van der Waals surface area (Å²) in [5.74, 6) is -7.41. The van der Waals surface area contributed by atoms with Gasteiger partial charge in [-0.1, -0.05) is 36.5 Å². The van der Waals surface area contributed by atoms with Gasteiger partial charge in [-0.3, -0.25) is 29.0 Å². The number of hydrogen-bond donors (Lipinski definition) is 7. The van der Waals surface area contributed by atoms with Crippen molar-refractivity contribution in [2.45, 2.75) is 56.5 Å². The van der Waals surface area contributed by atoms with Crippen LogP contribution in [0.3, 0.4) is 0 Å². The molecule has 1 aromatic heterocycles. The molecule has 0 radical (unpaired) electrons. The predicted molar refractivity (Wildman–Crippen MR) is 198 cm³/mol. The average Bonchev–Trinajstić information content (AvgIpc) is 3.57. The van der Waals surface area contributed by atoms with E-state index in [1.54, 1.807) is 4.90 Å². The molecule has 0 bridgehead atoms. The van der Waals surface area contributed by atoms with E-state index in [0.717, 1.165) is 35.5 Å². The van der Waals surface area contributed by atoms with Gasteiger partial charge in [0.2, 0.25) is 6.10 Å². The van der Waals surface area contributed by atoms with Crippen LogP contribution >= 0.6 is 34.7 Å². The van der Waals surface area contributed by atoms with E-state index in [1.807, 2.05) is 11.8 Å². The molecule has 3 aliphatic rings. The van der Waals surface area contributed by atoms with Crippen LogP contribution in [0.25, 0.3) is 0 Å². The number of carboxylic acids is 3. The maximum atomic E-state index is 13.5. The second-order valence-corrected chi connectivity index (χ2v) is 15.1. The van der Waals surface area contributed by atoms with Gasteiger partial charge in [-0.25, -0.2) is 14.6 Å². The van der Waals surface area contributed by atoms with Crippen LogP contribution in [0.15, 0.2) is 27.9 Å². The molecule has 3 atom stereocenters. The van der Waals surface area contributed by atoms with E-state index in [0.29, 0.717) is 37.2 Å². The fourth-order valence-corrected chi connectivity index (χ4v) is 8.46. The van der Waals surface area contributed by atoms with Crippen molar-refractivity contribution >= 4 is 81.2 Å². The second-order valence-electron chi connectivity index (χ2n) is 12.8. The second kappa shape index (κ2) is 17.6. The Labute approximate surface area is 326 Å². The molecule has 0 spiro atoms. The number of benzene rings is 1. The highest BCUT2D eigenvalue weighted by Gasteiger charge is 2.54. The Kier molecular flexibility index (Phi) is 13.1. The Morgan fingerprint density at radius 2 is 1.93 bits per heavy atom. The van der Waals surface area contributed by atoms with Crippen LogP contribution in [0, 0.1) is 0 Å². The first-order chi connectivity index (χ1) is 26.1.